The lowest BCUT2D eigenvalue weighted by Crippen LogP contribution is -2.15. The van der Waals surface area contributed by atoms with Gasteiger partial charge >= 0.3 is 0 Å². The van der Waals surface area contributed by atoms with E-state index in [1.807, 2.05) is 10.9 Å². The van der Waals surface area contributed by atoms with E-state index in [0.29, 0.717) is 28.6 Å². The third kappa shape index (κ3) is 2.56. The number of carbonyl (C=O) groups excluding carboxylic acids is 1. The summed E-state index contributed by atoms with van der Waals surface area (Å²) in [6, 6.07) is 7.62. The van der Waals surface area contributed by atoms with Crippen LogP contribution in [0.25, 0.3) is 11.0 Å². The molecule has 1 unspecified atom stereocenters. The number of benzene rings is 1. The van der Waals surface area contributed by atoms with Gasteiger partial charge in [0.1, 0.15) is 5.92 Å². The number of halogens is 1. The number of nitrogens with zero attached hydrogens (tertiary/aromatic N) is 5. The van der Waals surface area contributed by atoms with Crippen molar-refractivity contribution >= 4 is 34.2 Å². The molecule has 0 bridgehead atoms. The first kappa shape index (κ1) is 16.2. The molecule has 1 N–H and O–H groups in total. The molecule has 27 heavy (non-hydrogen) atoms. The van der Waals surface area contributed by atoms with Crippen LogP contribution in [0.1, 0.15) is 54.5 Å². The highest BCUT2D eigenvalue weighted by atomic mass is 35.5. The Hall–Kier alpha value is -2.98. The van der Waals surface area contributed by atoms with Gasteiger partial charge in [-0.3, -0.25) is 9.48 Å². The Morgan fingerprint density at radius 3 is 2.85 bits per heavy atom. The standard InChI is InChI=1S/C19H15ClN6O/c20-19-23-16(13-9-26(25-17(13)24-19)11-3-1-2-4-11)15-12-7-10(8-21)5-6-14(12)22-18(15)27/h5-7,9,11,15H,1-4H2,(H,22,27). The lowest BCUT2D eigenvalue weighted by atomic mass is 9.94. The lowest BCUT2D eigenvalue weighted by Gasteiger charge is -2.10. The van der Waals surface area contributed by atoms with Gasteiger partial charge in [-0.05, 0) is 48.2 Å². The number of hydrogen-bond donors (Lipinski definition) is 1. The molecular weight excluding hydrogens is 364 g/mol. The maximum Gasteiger partial charge on any atom is 0.238 e. The van der Waals surface area contributed by atoms with Crippen molar-refractivity contribution in [2.75, 3.05) is 5.32 Å². The maximum atomic E-state index is 12.7. The van der Waals surface area contributed by atoms with Crippen LogP contribution in [0, 0.1) is 11.3 Å². The number of carbonyl (C=O) groups is 1. The first-order chi connectivity index (χ1) is 13.1. The monoisotopic (exact) mass is 378 g/mol. The maximum absolute atomic E-state index is 12.7. The van der Waals surface area contributed by atoms with E-state index < -0.39 is 5.92 Å². The summed E-state index contributed by atoms with van der Waals surface area (Å²) in [7, 11) is 0. The van der Waals surface area contributed by atoms with Crippen LogP contribution in [0.4, 0.5) is 5.69 Å². The van der Waals surface area contributed by atoms with Gasteiger partial charge in [0, 0.05) is 11.9 Å². The van der Waals surface area contributed by atoms with Crippen LogP contribution in [0.5, 0.6) is 0 Å². The average molecular weight is 379 g/mol. The van der Waals surface area contributed by atoms with Gasteiger partial charge in [-0.1, -0.05) is 12.8 Å². The van der Waals surface area contributed by atoms with E-state index in [1.54, 1.807) is 18.2 Å². The molecule has 1 amide bonds. The minimum absolute atomic E-state index is 0.0619. The average Bonchev–Trinajstić information content (AvgIpc) is 3.37. The highest BCUT2D eigenvalue weighted by Crippen LogP contribution is 2.40. The molecule has 5 rings (SSSR count). The number of aromatic nitrogens is 4. The van der Waals surface area contributed by atoms with Crippen molar-refractivity contribution in [2.24, 2.45) is 0 Å². The van der Waals surface area contributed by atoms with Gasteiger partial charge in [-0.15, -0.1) is 0 Å². The molecule has 1 fully saturated rings. The Balaban J connectivity index is 1.69. The number of hydrogen-bond acceptors (Lipinski definition) is 5. The van der Waals surface area contributed by atoms with Gasteiger partial charge in [-0.25, -0.2) is 4.98 Å². The van der Waals surface area contributed by atoms with E-state index in [-0.39, 0.29) is 11.2 Å². The third-order valence-electron chi connectivity index (χ3n) is 5.38. The third-order valence-corrected chi connectivity index (χ3v) is 5.55. The number of nitriles is 1. The summed E-state index contributed by atoms with van der Waals surface area (Å²) in [5.74, 6) is -0.831. The normalized spacial score (nSPS) is 19.3. The minimum atomic E-state index is -0.641. The van der Waals surface area contributed by atoms with Crippen LogP contribution < -0.4 is 5.32 Å². The number of rotatable bonds is 2. The number of anilines is 1. The molecule has 1 aromatic carbocycles. The molecule has 1 saturated carbocycles. The fraction of sp³-hybridized carbons (Fsp3) is 0.316. The van der Waals surface area contributed by atoms with Crippen LogP contribution in [0.3, 0.4) is 0 Å². The quantitative estimate of drug-likeness (QED) is 0.688. The Morgan fingerprint density at radius 1 is 1.26 bits per heavy atom. The molecule has 2 aliphatic rings. The molecule has 1 aliphatic heterocycles. The van der Waals surface area contributed by atoms with E-state index in [9.17, 15) is 10.1 Å². The van der Waals surface area contributed by atoms with E-state index in [1.165, 1.54) is 12.8 Å². The van der Waals surface area contributed by atoms with Gasteiger partial charge in [-0.2, -0.15) is 15.3 Å². The fourth-order valence-corrected chi connectivity index (χ4v) is 4.27. The van der Waals surface area contributed by atoms with E-state index in [2.05, 4.69) is 26.5 Å². The molecule has 8 heteroatoms. The highest BCUT2D eigenvalue weighted by Gasteiger charge is 2.35. The molecule has 3 aromatic rings. The van der Waals surface area contributed by atoms with Gasteiger partial charge < -0.3 is 5.32 Å². The van der Waals surface area contributed by atoms with Gasteiger partial charge in [0.05, 0.1) is 28.8 Å². The van der Waals surface area contributed by atoms with Crippen molar-refractivity contribution in [3.8, 4) is 6.07 Å². The Kier molecular flexibility index (Phi) is 3.62. The zero-order valence-corrected chi connectivity index (χ0v) is 15.1. The van der Waals surface area contributed by atoms with Crippen molar-refractivity contribution in [1.82, 2.24) is 19.7 Å². The topological polar surface area (TPSA) is 96.5 Å². The van der Waals surface area contributed by atoms with E-state index >= 15 is 0 Å². The summed E-state index contributed by atoms with van der Waals surface area (Å²) < 4.78 is 1.94. The van der Waals surface area contributed by atoms with E-state index in [0.717, 1.165) is 23.8 Å². The predicted molar refractivity (Wildman–Crippen MR) is 99.5 cm³/mol. The molecule has 3 heterocycles. The van der Waals surface area contributed by atoms with Crippen molar-refractivity contribution in [2.45, 2.75) is 37.6 Å². The smallest absolute Gasteiger partial charge is 0.238 e. The number of nitrogens with one attached hydrogen (secondary N) is 1. The van der Waals surface area contributed by atoms with Gasteiger partial charge in [0.2, 0.25) is 11.2 Å². The van der Waals surface area contributed by atoms with Crippen molar-refractivity contribution in [1.29, 1.82) is 5.26 Å². The zero-order valence-electron chi connectivity index (χ0n) is 14.3. The summed E-state index contributed by atoms with van der Waals surface area (Å²) in [5.41, 5.74) is 2.93. The first-order valence-corrected chi connectivity index (χ1v) is 9.29. The van der Waals surface area contributed by atoms with Crippen LogP contribution in [0.15, 0.2) is 24.4 Å². The summed E-state index contributed by atoms with van der Waals surface area (Å²) >= 11 is 6.15. The van der Waals surface area contributed by atoms with Crippen molar-refractivity contribution in [3.63, 3.8) is 0 Å². The second-order valence-electron chi connectivity index (χ2n) is 7.00. The molecule has 0 saturated heterocycles. The van der Waals surface area contributed by atoms with Gasteiger partial charge in [0.15, 0.2) is 5.65 Å². The summed E-state index contributed by atoms with van der Waals surface area (Å²) in [6.45, 7) is 0. The van der Waals surface area contributed by atoms with Crippen molar-refractivity contribution < 1.29 is 4.79 Å². The van der Waals surface area contributed by atoms with E-state index in [4.69, 9.17) is 11.6 Å². The van der Waals surface area contributed by atoms with Crippen LogP contribution >= 0.6 is 11.6 Å². The summed E-state index contributed by atoms with van der Waals surface area (Å²) in [5, 5.41) is 17.5. The first-order valence-electron chi connectivity index (χ1n) is 8.91. The number of amides is 1. The van der Waals surface area contributed by atoms with Gasteiger partial charge in [0.25, 0.3) is 0 Å². The van der Waals surface area contributed by atoms with Crippen LogP contribution in [-0.2, 0) is 4.79 Å². The predicted octanol–water partition coefficient (Wildman–Crippen LogP) is 3.55. The Morgan fingerprint density at radius 2 is 2.07 bits per heavy atom. The highest BCUT2D eigenvalue weighted by molar-refractivity contribution is 6.28. The molecule has 1 atom stereocenters. The summed E-state index contributed by atoms with van der Waals surface area (Å²) in [6.07, 6.45) is 6.48. The largest absolute Gasteiger partial charge is 0.325 e. The molecular formula is C19H15ClN6O. The molecule has 1 aliphatic carbocycles. The van der Waals surface area contributed by atoms with Crippen LogP contribution in [-0.4, -0.2) is 25.7 Å². The second kappa shape index (κ2) is 6.03. The molecule has 0 spiro atoms. The summed E-state index contributed by atoms with van der Waals surface area (Å²) in [4.78, 5) is 21.4. The minimum Gasteiger partial charge on any atom is -0.325 e. The molecule has 134 valence electrons. The molecule has 0 radical (unpaired) electrons. The molecule has 2 aromatic heterocycles. The second-order valence-corrected chi connectivity index (χ2v) is 7.34. The SMILES string of the molecule is N#Cc1ccc2c(c1)C(c1nc(Cl)nc3nn(C4CCCC4)cc13)C(=O)N2. The zero-order chi connectivity index (χ0) is 18.5. The Labute approximate surface area is 160 Å². The lowest BCUT2D eigenvalue weighted by molar-refractivity contribution is -0.116. The fourth-order valence-electron chi connectivity index (χ4n) is 4.10. The number of fused-ring (bicyclic) bond motifs is 2. The van der Waals surface area contributed by atoms with Crippen LogP contribution in [0.2, 0.25) is 5.28 Å². The molecule has 7 nitrogen and oxygen atoms in total. The Bertz CT molecular complexity index is 1130. The van der Waals surface area contributed by atoms with Crippen molar-refractivity contribution in [3.05, 3.63) is 46.5 Å².